The van der Waals surface area contributed by atoms with Gasteiger partial charge in [0.05, 0.1) is 22.5 Å². The Labute approximate surface area is 216 Å². The van der Waals surface area contributed by atoms with Crippen LogP contribution in [-0.4, -0.2) is 40.5 Å². The van der Waals surface area contributed by atoms with Gasteiger partial charge in [-0.2, -0.15) is 0 Å². The molecule has 1 N–H and O–H groups in total. The van der Waals surface area contributed by atoms with Crippen molar-refractivity contribution in [2.75, 3.05) is 19.0 Å². The van der Waals surface area contributed by atoms with Gasteiger partial charge in [-0.1, -0.05) is 36.4 Å². The van der Waals surface area contributed by atoms with Gasteiger partial charge in [0.1, 0.15) is 13.2 Å². The van der Waals surface area contributed by atoms with Crippen molar-refractivity contribution in [3.05, 3.63) is 98.9 Å². The van der Waals surface area contributed by atoms with Crippen LogP contribution in [0.4, 0.5) is 16.2 Å². The zero-order valence-electron chi connectivity index (χ0n) is 19.6. The maximum atomic E-state index is 12.8. The molecule has 0 bridgehead atoms. The first-order valence-corrected chi connectivity index (χ1v) is 11.8. The number of carbonyl (C=O) groups excluding carboxylic acids is 3. The Morgan fingerprint density at radius 1 is 1.05 bits per heavy atom. The fourth-order valence-corrected chi connectivity index (χ4v) is 4.35. The van der Waals surface area contributed by atoms with E-state index in [-0.39, 0.29) is 17.2 Å². The van der Waals surface area contributed by atoms with Crippen LogP contribution < -0.4 is 14.8 Å². The molecular formula is C26H21N3O7S. The van der Waals surface area contributed by atoms with Gasteiger partial charge >= 0.3 is 0 Å². The molecule has 37 heavy (non-hydrogen) atoms. The van der Waals surface area contributed by atoms with Crippen LogP contribution in [0.15, 0.2) is 77.7 Å². The van der Waals surface area contributed by atoms with E-state index in [1.165, 1.54) is 19.3 Å². The van der Waals surface area contributed by atoms with E-state index in [4.69, 9.17) is 9.47 Å². The molecule has 1 fully saturated rings. The van der Waals surface area contributed by atoms with Crippen molar-refractivity contribution in [3.63, 3.8) is 0 Å². The highest BCUT2D eigenvalue weighted by Crippen LogP contribution is 2.35. The molecular weight excluding hydrogens is 498 g/mol. The van der Waals surface area contributed by atoms with Gasteiger partial charge < -0.3 is 14.8 Å². The van der Waals surface area contributed by atoms with Crippen molar-refractivity contribution in [1.82, 2.24) is 4.90 Å². The highest BCUT2D eigenvalue weighted by Gasteiger charge is 2.36. The van der Waals surface area contributed by atoms with Gasteiger partial charge in [-0.25, -0.2) is 0 Å². The molecule has 1 aliphatic heterocycles. The Balaban J connectivity index is 1.48. The van der Waals surface area contributed by atoms with E-state index in [0.717, 1.165) is 16.7 Å². The first kappa shape index (κ1) is 25.5. The number of rotatable bonds is 9. The van der Waals surface area contributed by atoms with Crippen LogP contribution in [0, 0.1) is 10.1 Å². The number of amides is 3. The van der Waals surface area contributed by atoms with Gasteiger partial charge in [0.25, 0.3) is 16.8 Å². The molecule has 11 heteroatoms. The summed E-state index contributed by atoms with van der Waals surface area (Å²) in [5.41, 5.74) is 1.41. The molecule has 3 amide bonds. The van der Waals surface area contributed by atoms with Crippen LogP contribution in [0.25, 0.3) is 6.08 Å². The number of benzene rings is 3. The van der Waals surface area contributed by atoms with Gasteiger partial charge in [0, 0.05) is 11.8 Å². The van der Waals surface area contributed by atoms with Crippen LogP contribution in [0.5, 0.6) is 11.5 Å². The molecule has 0 radical (unpaired) electrons. The summed E-state index contributed by atoms with van der Waals surface area (Å²) in [6.07, 6.45) is 1.51. The Hall–Kier alpha value is -4.64. The van der Waals surface area contributed by atoms with Gasteiger partial charge in [-0.3, -0.25) is 29.4 Å². The number of thioether (sulfide) groups is 1. The minimum atomic E-state index is -0.587. The van der Waals surface area contributed by atoms with Crippen molar-refractivity contribution >= 4 is 46.3 Å². The fraction of sp³-hybridized carbons (Fsp3) is 0.115. The summed E-state index contributed by atoms with van der Waals surface area (Å²) in [6.45, 7) is -0.492. The molecule has 0 spiro atoms. The Morgan fingerprint density at radius 3 is 2.51 bits per heavy atom. The molecule has 1 aliphatic rings. The molecule has 188 valence electrons. The molecule has 0 aliphatic carbocycles. The predicted molar refractivity (Wildman–Crippen MR) is 138 cm³/mol. The maximum Gasteiger partial charge on any atom is 0.294 e. The minimum absolute atomic E-state index is 0.0670. The van der Waals surface area contributed by atoms with E-state index >= 15 is 0 Å². The third-order valence-electron chi connectivity index (χ3n) is 5.29. The van der Waals surface area contributed by atoms with E-state index < -0.39 is 28.5 Å². The summed E-state index contributed by atoms with van der Waals surface area (Å²) < 4.78 is 11.1. The van der Waals surface area contributed by atoms with Gasteiger partial charge in [0.15, 0.2) is 11.5 Å². The molecule has 4 rings (SSSR count). The number of anilines is 1. The van der Waals surface area contributed by atoms with E-state index in [9.17, 15) is 24.5 Å². The minimum Gasteiger partial charge on any atom is -0.493 e. The van der Waals surface area contributed by atoms with E-state index in [1.54, 1.807) is 66.7 Å². The number of ether oxygens (including phenoxy) is 2. The van der Waals surface area contributed by atoms with Gasteiger partial charge in [0.2, 0.25) is 5.91 Å². The number of carbonyl (C=O) groups is 3. The van der Waals surface area contributed by atoms with Crippen LogP contribution in [0.2, 0.25) is 0 Å². The molecule has 0 unspecified atom stereocenters. The number of nitro groups is 1. The number of nitro benzene ring substituents is 1. The predicted octanol–water partition coefficient (Wildman–Crippen LogP) is 4.86. The van der Waals surface area contributed by atoms with Crippen molar-refractivity contribution in [2.24, 2.45) is 0 Å². The highest BCUT2D eigenvalue weighted by atomic mass is 32.2. The summed E-state index contributed by atoms with van der Waals surface area (Å²) in [6, 6.07) is 19.8. The average Bonchev–Trinajstić information content (AvgIpc) is 3.15. The van der Waals surface area contributed by atoms with Crippen LogP contribution in [-0.2, 0) is 16.2 Å². The highest BCUT2D eigenvalue weighted by molar-refractivity contribution is 8.18. The van der Waals surface area contributed by atoms with Gasteiger partial charge in [-0.15, -0.1) is 0 Å². The number of nitrogens with zero attached hydrogens (tertiary/aromatic N) is 2. The van der Waals surface area contributed by atoms with Crippen LogP contribution in [0.1, 0.15) is 11.1 Å². The number of para-hydroxylation sites is 2. The standard InChI is InChI=1S/C26H21N3O7S/c1-35-21-12-11-17(13-22(21)36-16-18-7-5-6-10-20(18)29(33)34)14-23-25(31)28(26(32)37-23)15-24(30)27-19-8-3-2-4-9-19/h2-14H,15-16H2,1H3,(H,27,30)/b23-14-. The molecule has 1 saturated heterocycles. The lowest BCUT2D eigenvalue weighted by Crippen LogP contribution is -2.36. The number of methoxy groups -OCH3 is 1. The lowest BCUT2D eigenvalue weighted by Gasteiger charge is -2.13. The molecule has 3 aromatic rings. The Bertz CT molecular complexity index is 1390. The van der Waals surface area contributed by atoms with Crippen LogP contribution >= 0.6 is 11.8 Å². The SMILES string of the molecule is COc1ccc(/C=C2\SC(=O)N(CC(=O)Nc3ccccc3)C2=O)cc1OCc1ccccc1[N+](=O)[O-]. The third kappa shape index (κ3) is 6.14. The molecule has 0 aromatic heterocycles. The van der Waals surface area contributed by atoms with Crippen molar-refractivity contribution in [1.29, 1.82) is 0 Å². The summed E-state index contributed by atoms with van der Waals surface area (Å²) in [7, 11) is 1.46. The number of hydrogen-bond acceptors (Lipinski definition) is 8. The zero-order valence-corrected chi connectivity index (χ0v) is 20.4. The second-order valence-corrected chi connectivity index (χ2v) is 8.76. The fourth-order valence-electron chi connectivity index (χ4n) is 3.52. The molecule has 1 heterocycles. The maximum absolute atomic E-state index is 12.8. The molecule has 3 aromatic carbocycles. The largest absolute Gasteiger partial charge is 0.493 e. The van der Waals surface area contributed by atoms with Crippen LogP contribution in [0.3, 0.4) is 0 Å². The lowest BCUT2D eigenvalue weighted by molar-refractivity contribution is -0.385. The molecule has 0 saturated carbocycles. The summed E-state index contributed by atoms with van der Waals surface area (Å²) >= 11 is 0.728. The topological polar surface area (TPSA) is 128 Å². The average molecular weight is 520 g/mol. The summed E-state index contributed by atoms with van der Waals surface area (Å²) in [5.74, 6) is -0.390. The van der Waals surface area contributed by atoms with E-state index in [2.05, 4.69) is 5.32 Å². The summed E-state index contributed by atoms with van der Waals surface area (Å²) in [5, 5.41) is 13.4. The number of hydrogen-bond donors (Lipinski definition) is 1. The number of nitrogens with one attached hydrogen (secondary N) is 1. The Morgan fingerprint density at radius 2 is 1.78 bits per heavy atom. The zero-order chi connectivity index (χ0) is 26.4. The van der Waals surface area contributed by atoms with Crippen molar-refractivity contribution in [2.45, 2.75) is 6.61 Å². The van der Waals surface area contributed by atoms with E-state index in [1.807, 2.05) is 0 Å². The van der Waals surface area contributed by atoms with E-state index in [0.29, 0.717) is 28.3 Å². The van der Waals surface area contributed by atoms with Crippen molar-refractivity contribution in [3.8, 4) is 11.5 Å². The van der Waals surface area contributed by atoms with Gasteiger partial charge in [-0.05, 0) is 53.7 Å². The second kappa shape index (κ2) is 11.4. The quantitative estimate of drug-likeness (QED) is 0.241. The first-order chi connectivity index (χ1) is 17.9. The third-order valence-corrected chi connectivity index (χ3v) is 6.20. The first-order valence-electron chi connectivity index (χ1n) is 11.0. The smallest absolute Gasteiger partial charge is 0.294 e. The number of imide groups is 1. The van der Waals surface area contributed by atoms with Crippen molar-refractivity contribution < 1.29 is 28.8 Å². The monoisotopic (exact) mass is 519 g/mol. The second-order valence-electron chi connectivity index (χ2n) is 7.77. The Kier molecular flexibility index (Phi) is 7.84. The molecule has 0 atom stereocenters. The normalized spacial score (nSPS) is 14.1. The lowest BCUT2D eigenvalue weighted by atomic mass is 10.1. The molecule has 10 nitrogen and oxygen atoms in total. The summed E-state index contributed by atoms with van der Waals surface area (Å²) in [4.78, 5) is 49.4.